The monoisotopic (exact) mass is 288 g/mol. The van der Waals surface area contributed by atoms with E-state index in [2.05, 4.69) is 20.9 Å². The quantitative estimate of drug-likeness (QED) is 0.739. The van der Waals surface area contributed by atoms with Gasteiger partial charge in [0.25, 0.3) is 0 Å². The third-order valence-electron chi connectivity index (χ3n) is 3.46. The van der Waals surface area contributed by atoms with Gasteiger partial charge in [-0.2, -0.15) is 0 Å². The molecule has 0 saturated carbocycles. The van der Waals surface area contributed by atoms with Gasteiger partial charge < -0.3 is 20.7 Å². The van der Waals surface area contributed by atoms with Crippen LogP contribution in [-0.2, 0) is 0 Å². The molecule has 6 heteroatoms. The number of hydrogen-bond donors (Lipinski definition) is 3. The lowest BCUT2D eigenvalue weighted by Crippen LogP contribution is -2.42. The van der Waals surface area contributed by atoms with Crippen molar-refractivity contribution in [1.29, 1.82) is 0 Å². The third-order valence-corrected chi connectivity index (χ3v) is 3.46. The number of nitrogens with zero attached hydrogens (tertiary/aromatic N) is 1. The smallest absolute Gasteiger partial charge is 0.410 e. The number of fused-ring (bicyclic) bond motifs is 3. The average molecular weight is 288 g/mol. The van der Waals surface area contributed by atoms with E-state index in [4.69, 9.17) is 4.74 Å². The molecule has 1 aromatic carbocycles. The highest BCUT2D eigenvalue weighted by molar-refractivity contribution is 5.74. The Morgan fingerprint density at radius 2 is 2.24 bits per heavy atom. The molecule has 3 rings (SSSR count). The first-order valence-corrected chi connectivity index (χ1v) is 7.08. The molecule has 21 heavy (non-hydrogen) atoms. The molecule has 2 aliphatic heterocycles. The lowest BCUT2D eigenvalue weighted by atomic mass is 9.94. The molecule has 1 aromatic rings. The van der Waals surface area contributed by atoms with Gasteiger partial charge in [-0.15, -0.1) is 0 Å². The Balaban J connectivity index is 1.87. The first-order chi connectivity index (χ1) is 9.94. The topological polar surface area (TPSA) is 74.8 Å². The van der Waals surface area contributed by atoms with Gasteiger partial charge in [-0.1, -0.05) is 6.07 Å². The molecule has 2 heterocycles. The van der Waals surface area contributed by atoms with Crippen LogP contribution in [0.15, 0.2) is 23.2 Å². The standard InChI is InChI=1S/C15H20N4O2/c1-15(2,3)19-14(20)21-11-6-4-5-9-12(11)13-10(7-16-9)17-8-18-13/h4-6,8,10,13,16H,7H2,1-3H3,(H,17,18)(H,19,20). The highest BCUT2D eigenvalue weighted by Crippen LogP contribution is 2.40. The number of hydrogen-bond acceptors (Lipinski definition) is 5. The lowest BCUT2D eigenvalue weighted by molar-refractivity contribution is 0.190. The van der Waals surface area contributed by atoms with Gasteiger partial charge in [-0.05, 0) is 32.9 Å². The third kappa shape index (κ3) is 2.79. The maximum absolute atomic E-state index is 12.0. The SMILES string of the molecule is CC(C)(C)NC(=O)Oc1cccc2c1C1N=CNC1CN2. The minimum Gasteiger partial charge on any atom is -0.410 e. The Bertz CT molecular complexity index is 592. The second-order valence-corrected chi connectivity index (χ2v) is 6.36. The van der Waals surface area contributed by atoms with Crippen LogP contribution < -0.4 is 20.7 Å². The molecule has 0 aromatic heterocycles. The second-order valence-electron chi connectivity index (χ2n) is 6.36. The number of rotatable bonds is 1. The predicted molar refractivity (Wildman–Crippen MR) is 82.0 cm³/mol. The van der Waals surface area contributed by atoms with Gasteiger partial charge >= 0.3 is 6.09 Å². The Labute approximate surface area is 124 Å². The van der Waals surface area contributed by atoms with Crippen molar-refractivity contribution in [1.82, 2.24) is 10.6 Å². The fourth-order valence-corrected chi connectivity index (χ4v) is 2.60. The first-order valence-electron chi connectivity index (χ1n) is 7.08. The molecule has 2 atom stereocenters. The molecule has 0 radical (unpaired) electrons. The normalized spacial score (nSPS) is 22.6. The summed E-state index contributed by atoms with van der Waals surface area (Å²) in [5.74, 6) is 0.553. The van der Waals surface area contributed by atoms with E-state index < -0.39 is 6.09 Å². The highest BCUT2D eigenvalue weighted by Gasteiger charge is 2.34. The summed E-state index contributed by atoms with van der Waals surface area (Å²) in [6, 6.07) is 5.85. The Hall–Kier alpha value is -2.24. The first kappa shape index (κ1) is 13.7. The minimum absolute atomic E-state index is 0.0140. The Kier molecular flexibility index (Phi) is 3.23. The largest absolute Gasteiger partial charge is 0.413 e. The zero-order chi connectivity index (χ0) is 15.0. The van der Waals surface area contributed by atoms with Crippen molar-refractivity contribution >= 4 is 18.1 Å². The van der Waals surface area contributed by atoms with Crippen molar-refractivity contribution in [3.05, 3.63) is 23.8 Å². The van der Waals surface area contributed by atoms with Crippen molar-refractivity contribution in [3.8, 4) is 5.75 Å². The van der Waals surface area contributed by atoms with E-state index in [1.807, 2.05) is 32.9 Å². The number of anilines is 1. The lowest BCUT2D eigenvalue weighted by Gasteiger charge is -2.29. The summed E-state index contributed by atoms with van der Waals surface area (Å²) in [5, 5.41) is 9.35. The van der Waals surface area contributed by atoms with Crippen LogP contribution >= 0.6 is 0 Å². The van der Waals surface area contributed by atoms with Gasteiger partial charge in [0.1, 0.15) is 11.8 Å². The van der Waals surface area contributed by atoms with Gasteiger partial charge in [0.15, 0.2) is 0 Å². The zero-order valence-corrected chi connectivity index (χ0v) is 12.4. The predicted octanol–water partition coefficient (Wildman–Crippen LogP) is 2.04. The molecule has 0 bridgehead atoms. The number of amides is 1. The molecular weight excluding hydrogens is 268 g/mol. The summed E-state index contributed by atoms with van der Waals surface area (Å²) in [4.78, 5) is 16.5. The molecule has 0 aliphatic carbocycles. The number of benzene rings is 1. The van der Waals surface area contributed by atoms with Gasteiger partial charge in [0.2, 0.25) is 0 Å². The summed E-state index contributed by atoms with van der Waals surface area (Å²) in [7, 11) is 0. The fourth-order valence-electron chi connectivity index (χ4n) is 2.60. The summed E-state index contributed by atoms with van der Waals surface area (Å²) in [5.41, 5.74) is 1.57. The van der Waals surface area contributed by atoms with E-state index in [1.54, 1.807) is 12.4 Å². The van der Waals surface area contributed by atoms with Crippen LogP contribution in [0, 0.1) is 0 Å². The second kappa shape index (κ2) is 4.95. The van der Waals surface area contributed by atoms with E-state index in [-0.39, 0.29) is 17.6 Å². The van der Waals surface area contributed by atoms with Crippen molar-refractivity contribution in [2.24, 2.45) is 4.99 Å². The number of ether oxygens (including phenoxy) is 1. The van der Waals surface area contributed by atoms with E-state index in [1.165, 1.54) is 0 Å². The van der Waals surface area contributed by atoms with E-state index >= 15 is 0 Å². The van der Waals surface area contributed by atoms with Gasteiger partial charge in [0.05, 0.1) is 12.4 Å². The molecule has 2 unspecified atom stereocenters. The van der Waals surface area contributed by atoms with Gasteiger partial charge in [-0.25, -0.2) is 4.79 Å². The van der Waals surface area contributed by atoms with Crippen LogP contribution in [0.2, 0.25) is 0 Å². The minimum atomic E-state index is -0.451. The molecule has 112 valence electrons. The van der Waals surface area contributed by atoms with Crippen LogP contribution in [0.5, 0.6) is 5.75 Å². The van der Waals surface area contributed by atoms with Crippen molar-refractivity contribution < 1.29 is 9.53 Å². The molecule has 0 fully saturated rings. The number of carbonyl (C=O) groups excluding carboxylic acids is 1. The molecule has 0 saturated heterocycles. The molecule has 1 amide bonds. The summed E-state index contributed by atoms with van der Waals surface area (Å²) >= 11 is 0. The van der Waals surface area contributed by atoms with Crippen LogP contribution in [0.1, 0.15) is 32.4 Å². The number of nitrogens with one attached hydrogen (secondary N) is 3. The van der Waals surface area contributed by atoms with Crippen molar-refractivity contribution in [3.63, 3.8) is 0 Å². The number of carbonyl (C=O) groups is 1. The molecular formula is C15H20N4O2. The molecule has 2 aliphatic rings. The van der Waals surface area contributed by atoms with Gasteiger partial charge in [-0.3, -0.25) is 4.99 Å². The van der Waals surface area contributed by atoms with E-state index in [9.17, 15) is 4.79 Å². The maximum Gasteiger partial charge on any atom is 0.413 e. The van der Waals surface area contributed by atoms with Crippen LogP contribution in [0.4, 0.5) is 10.5 Å². The van der Waals surface area contributed by atoms with Crippen molar-refractivity contribution in [2.45, 2.75) is 38.4 Å². The van der Waals surface area contributed by atoms with E-state index in [0.717, 1.165) is 17.8 Å². The zero-order valence-electron chi connectivity index (χ0n) is 12.4. The summed E-state index contributed by atoms with van der Waals surface area (Å²) in [6.45, 7) is 6.54. The van der Waals surface area contributed by atoms with Gasteiger partial charge in [0, 0.05) is 23.3 Å². The molecule has 0 spiro atoms. The molecule has 3 N–H and O–H groups in total. The van der Waals surface area contributed by atoms with E-state index in [0.29, 0.717) is 5.75 Å². The Morgan fingerprint density at radius 1 is 1.43 bits per heavy atom. The molecule has 6 nitrogen and oxygen atoms in total. The average Bonchev–Trinajstić information content (AvgIpc) is 2.84. The number of aliphatic imine (C=N–C) groups is 1. The highest BCUT2D eigenvalue weighted by atomic mass is 16.6. The van der Waals surface area contributed by atoms with Crippen LogP contribution in [0.25, 0.3) is 0 Å². The summed E-state index contributed by atoms with van der Waals surface area (Å²) < 4.78 is 5.51. The van der Waals surface area contributed by atoms with Crippen LogP contribution in [-0.4, -0.2) is 30.6 Å². The fraction of sp³-hybridized carbons (Fsp3) is 0.467. The Morgan fingerprint density at radius 3 is 3.00 bits per heavy atom. The van der Waals surface area contributed by atoms with Crippen molar-refractivity contribution in [2.75, 3.05) is 11.9 Å². The summed E-state index contributed by atoms with van der Waals surface area (Å²) in [6.07, 6.45) is 1.27. The van der Waals surface area contributed by atoms with Crippen LogP contribution in [0.3, 0.4) is 0 Å². The maximum atomic E-state index is 12.0.